The number of aromatic nitrogens is 3. The van der Waals surface area contributed by atoms with Crippen LogP contribution in [0.15, 0.2) is 36.8 Å². The average molecular weight is 353 g/mol. The highest BCUT2D eigenvalue weighted by Crippen LogP contribution is 2.12. The summed E-state index contributed by atoms with van der Waals surface area (Å²) in [4.78, 5) is 30.0. The highest BCUT2D eigenvalue weighted by Gasteiger charge is 2.20. The van der Waals surface area contributed by atoms with Gasteiger partial charge in [0, 0.05) is 57.2 Å². The monoisotopic (exact) mass is 353 g/mol. The summed E-state index contributed by atoms with van der Waals surface area (Å²) in [6.45, 7) is 8.47. The Bertz CT molecular complexity index is 719. The van der Waals surface area contributed by atoms with Crippen LogP contribution in [0.25, 0.3) is 0 Å². The van der Waals surface area contributed by atoms with E-state index in [1.54, 1.807) is 12.4 Å². The van der Waals surface area contributed by atoms with Crippen molar-refractivity contribution < 1.29 is 4.79 Å². The molecule has 0 aromatic carbocycles. The molecule has 0 unspecified atom stereocenters. The number of nitrogens with zero attached hydrogens (tertiary/aromatic N) is 5. The van der Waals surface area contributed by atoms with Crippen LogP contribution in [0.2, 0.25) is 0 Å². The fraction of sp³-hybridized carbons (Fsp3) is 0.500. The maximum Gasteiger partial charge on any atom is 0.227 e. The molecule has 3 rings (SSSR count). The summed E-state index contributed by atoms with van der Waals surface area (Å²) >= 11 is 0. The van der Waals surface area contributed by atoms with Gasteiger partial charge >= 0.3 is 0 Å². The lowest BCUT2D eigenvalue weighted by molar-refractivity contribution is -0.130. The van der Waals surface area contributed by atoms with Crippen molar-refractivity contribution in [2.75, 3.05) is 26.2 Å². The molecular formula is C20H27N5O. The third kappa shape index (κ3) is 5.08. The molecule has 1 amide bonds. The standard InChI is InChI=1S/C20H27N5O/c1-16(2)20-22-8-6-18(23-20)15-24-9-4-10-25(12-11-24)19(26)13-17-5-3-7-21-14-17/h3,5-8,14,16H,4,9-13,15H2,1-2H3. The molecule has 1 aliphatic rings. The van der Waals surface area contributed by atoms with E-state index in [2.05, 4.69) is 33.7 Å². The lowest BCUT2D eigenvalue weighted by Crippen LogP contribution is -2.36. The molecule has 0 bridgehead atoms. The molecule has 0 atom stereocenters. The van der Waals surface area contributed by atoms with E-state index in [1.807, 2.05) is 29.3 Å². The van der Waals surface area contributed by atoms with Crippen LogP contribution in [0.5, 0.6) is 0 Å². The molecular weight excluding hydrogens is 326 g/mol. The van der Waals surface area contributed by atoms with Crippen LogP contribution >= 0.6 is 0 Å². The number of amides is 1. The molecule has 3 heterocycles. The van der Waals surface area contributed by atoms with Crippen LogP contribution in [0.4, 0.5) is 0 Å². The van der Waals surface area contributed by atoms with Crippen LogP contribution in [0.3, 0.4) is 0 Å². The minimum Gasteiger partial charge on any atom is -0.341 e. The molecule has 0 radical (unpaired) electrons. The number of hydrogen-bond acceptors (Lipinski definition) is 5. The Morgan fingerprint density at radius 2 is 2.04 bits per heavy atom. The number of rotatable bonds is 5. The Hall–Kier alpha value is -2.34. The van der Waals surface area contributed by atoms with Gasteiger partial charge in [-0.15, -0.1) is 0 Å². The molecule has 6 nitrogen and oxygen atoms in total. The zero-order valence-corrected chi connectivity index (χ0v) is 15.6. The Morgan fingerprint density at radius 3 is 2.81 bits per heavy atom. The van der Waals surface area contributed by atoms with E-state index in [0.717, 1.165) is 56.2 Å². The minimum absolute atomic E-state index is 0.184. The first-order valence-electron chi connectivity index (χ1n) is 9.32. The molecule has 6 heteroatoms. The molecule has 26 heavy (non-hydrogen) atoms. The van der Waals surface area contributed by atoms with Crippen molar-refractivity contribution in [3.63, 3.8) is 0 Å². The first-order chi connectivity index (χ1) is 12.6. The molecule has 2 aromatic rings. The van der Waals surface area contributed by atoms with E-state index in [-0.39, 0.29) is 5.91 Å². The smallest absolute Gasteiger partial charge is 0.227 e. The number of carbonyl (C=O) groups is 1. The molecule has 138 valence electrons. The molecule has 0 N–H and O–H groups in total. The maximum absolute atomic E-state index is 12.6. The SMILES string of the molecule is CC(C)c1nccc(CN2CCCN(C(=O)Cc3cccnc3)CC2)n1. The van der Waals surface area contributed by atoms with Crippen molar-refractivity contribution in [1.82, 2.24) is 24.8 Å². The van der Waals surface area contributed by atoms with Crippen molar-refractivity contribution >= 4 is 5.91 Å². The summed E-state index contributed by atoms with van der Waals surface area (Å²) in [5.74, 6) is 1.41. The highest BCUT2D eigenvalue weighted by molar-refractivity contribution is 5.78. The number of carbonyl (C=O) groups excluding carboxylic acids is 1. The largest absolute Gasteiger partial charge is 0.341 e. The van der Waals surface area contributed by atoms with Crippen LogP contribution in [-0.2, 0) is 17.8 Å². The van der Waals surface area contributed by atoms with Crippen molar-refractivity contribution in [3.8, 4) is 0 Å². The van der Waals surface area contributed by atoms with Gasteiger partial charge in [0.2, 0.25) is 5.91 Å². The zero-order chi connectivity index (χ0) is 18.4. The van der Waals surface area contributed by atoms with Gasteiger partial charge in [-0.1, -0.05) is 19.9 Å². The van der Waals surface area contributed by atoms with Gasteiger partial charge in [0.05, 0.1) is 12.1 Å². The first-order valence-corrected chi connectivity index (χ1v) is 9.32. The predicted molar refractivity (Wildman–Crippen MR) is 101 cm³/mol. The van der Waals surface area contributed by atoms with Gasteiger partial charge in [0.25, 0.3) is 0 Å². The lowest BCUT2D eigenvalue weighted by atomic mass is 10.2. The third-order valence-electron chi connectivity index (χ3n) is 4.65. The molecule has 1 aliphatic heterocycles. The molecule has 0 spiro atoms. The normalized spacial score (nSPS) is 15.9. The number of pyridine rings is 1. The molecule has 0 aliphatic carbocycles. The molecule has 0 saturated carbocycles. The van der Waals surface area contributed by atoms with Gasteiger partial charge in [0.15, 0.2) is 0 Å². The van der Waals surface area contributed by atoms with E-state index in [9.17, 15) is 4.79 Å². The quantitative estimate of drug-likeness (QED) is 0.825. The topological polar surface area (TPSA) is 62.2 Å². The van der Waals surface area contributed by atoms with E-state index >= 15 is 0 Å². The summed E-state index contributed by atoms with van der Waals surface area (Å²) < 4.78 is 0. The summed E-state index contributed by atoms with van der Waals surface area (Å²) in [5.41, 5.74) is 2.03. The van der Waals surface area contributed by atoms with Crippen molar-refractivity contribution in [1.29, 1.82) is 0 Å². The number of hydrogen-bond donors (Lipinski definition) is 0. The van der Waals surface area contributed by atoms with Crippen molar-refractivity contribution in [2.45, 2.75) is 39.2 Å². The van der Waals surface area contributed by atoms with Gasteiger partial charge in [-0.2, -0.15) is 0 Å². The highest BCUT2D eigenvalue weighted by atomic mass is 16.2. The Labute approximate surface area is 155 Å². The van der Waals surface area contributed by atoms with Gasteiger partial charge in [-0.25, -0.2) is 9.97 Å². The summed E-state index contributed by atoms with van der Waals surface area (Å²) in [7, 11) is 0. The fourth-order valence-electron chi connectivity index (χ4n) is 3.18. The Kier molecular flexibility index (Phi) is 6.28. The molecule has 1 saturated heterocycles. The molecule has 1 fully saturated rings. The van der Waals surface area contributed by atoms with Crippen LogP contribution in [0, 0.1) is 0 Å². The fourth-order valence-corrected chi connectivity index (χ4v) is 3.18. The second kappa shape index (κ2) is 8.85. The second-order valence-corrected chi connectivity index (χ2v) is 7.11. The zero-order valence-electron chi connectivity index (χ0n) is 15.6. The second-order valence-electron chi connectivity index (χ2n) is 7.11. The molecule has 2 aromatic heterocycles. The average Bonchev–Trinajstić information content (AvgIpc) is 2.88. The van der Waals surface area contributed by atoms with Gasteiger partial charge in [-0.3, -0.25) is 14.7 Å². The van der Waals surface area contributed by atoms with Crippen molar-refractivity contribution in [2.24, 2.45) is 0 Å². The van der Waals surface area contributed by atoms with Crippen LogP contribution in [-0.4, -0.2) is 56.8 Å². The van der Waals surface area contributed by atoms with Crippen molar-refractivity contribution in [3.05, 3.63) is 53.9 Å². The van der Waals surface area contributed by atoms with Gasteiger partial charge in [0.1, 0.15) is 5.82 Å². The predicted octanol–water partition coefficient (Wildman–Crippen LogP) is 2.27. The minimum atomic E-state index is 0.184. The maximum atomic E-state index is 12.6. The summed E-state index contributed by atoms with van der Waals surface area (Å²) in [6.07, 6.45) is 6.76. The van der Waals surface area contributed by atoms with Gasteiger partial charge < -0.3 is 4.90 Å². The van der Waals surface area contributed by atoms with Crippen LogP contribution < -0.4 is 0 Å². The van der Waals surface area contributed by atoms with Crippen LogP contribution in [0.1, 0.15) is 43.3 Å². The van der Waals surface area contributed by atoms with Gasteiger partial charge in [-0.05, 0) is 24.1 Å². The third-order valence-corrected chi connectivity index (χ3v) is 4.65. The summed E-state index contributed by atoms with van der Waals surface area (Å²) in [5, 5.41) is 0. The van der Waals surface area contributed by atoms with E-state index < -0.39 is 0 Å². The van der Waals surface area contributed by atoms with E-state index in [0.29, 0.717) is 12.3 Å². The first kappa shape index (κ1) is 18.5. The van der Waals surface area contributed by atoms with E-state index in [1.165, 1.54) is 0 Å². The lowest BCUT2D eigenvalue weighted by Gasteiger charge is -2.22. The van der Waals surface area contributed by atoms with E-state index in [4.69, 9.17) is 0 Å². The summed E-state index contributed by atoms with van der Waals surface area (Å²) in [6, 6.07) is 5.82. The Balaban J connectivity index is 1.55. The Morgan fingerprint density at radius 1 is 1.15 bits per heavy atom.